The number of benzene rings is 2. The van der Waals surface area contributed by atoms with Crippen molar-refractivity contribution < 1.29 is 60.9 Å². The van der Waals surface area contributed by atoms with Gasteiger partial charge in [-0.2, -0.15) is 18.4 Å². The number of nitrogens with zero attached hydrogens (tertiary/aromatic N) is 6. The highest BCUT2D eigenvalue weighted by atomic mass is 32.1. The van der Waals surface area contributed by atoms with Gasteiger partial charge in [0.1, 0.15) is 35.4 Å². The Labute approximate surface area is 434 Å². The molecule has 2 aromatic carbocycles. The van der Waals surface area contributed by atoms with Crippen LogP contribution in [-0.4, -0.2) is 118 Å². The van der Waals surface area contributed by atoms with E-state index in [0.29, 0.717) is 37.4 Å². The Balaban J connectivity index is 0.911. The van der Waals surface area contributed by atoms with Crippen LogP contribution in [0.4, 0.5) is 28.9 Å². The first-order valence-electron chi connectivity index (χ1n) is 23.5. The largest absolute Gasteiger partial charge is 0.477 e. The van der Waals surface area contributed by atoms with Gasteiger partial charge in [-0.1, -0.05) is 45.0 Å². The quantitative estimate of drug-likeness (QED) is 0.0429. The smallest absolute Gasteiger partial charge is 0.420 e. The number of likely N-dealkylation sites (tertiary alicyclic amines) is 1. The minimum absolute atomic E-state index is 0.0389. The number of thiocarbonyl (C=S) groups is 1. The lowest BCUT2D eigenvalue weighted by Gasteiger charge is -2.35. The van der Waals surface area contributed by atoms with E-state index in [9.17, 15) is 47.5 Å². The molecule has 2 aliphatic heterocycles. The average Bonchev–Trinajstić information content (AvgIpc) is 4.00. The number of unbranched alkanes of at least 4 members (excludes halogenated alkanes) is 1. The third-order valence-electron chi connectivity index (χ3n) is 12.2. The second kappa shape index (κ2) is 23.7. The van der Waals surface area contributed by atoms with Gasteiger partial charge in [-0.15, -0.1) is 11.3 Å². The maximum atomic E-state index is 15.5. The fourth-order valence-corrected chi connectivity index (χ4v) is 9.72. The summed E-state index contributed by atoms with van der Waals surface area (Å²) in [6.07, 6.45) is -3.47. The number of aromatic nitrogens is 2. The molecular formula is C50H57F4N9O9S2. The molecule has 2 aromatic heterocycles. The third-order valence-corrected chi connectivity index (χ3v) is 13.6. The van der Waals surface area contributed by atoms with Gasteiger partial charge in [0.2, 0.25) is 23.6 Å². The average molecular weight is 1070 g/mol. The minimum Gasteiger partial charge on any atom is -0.477 e. The number of thiazole rings is 1. The summed E-state index contributed by atoms with van der Waals surface area (Å²) in [5, 5.41) is 25.0. The molecule has 4 heterocycles. The Morgan fingerprint density at radius 2 is 1.70 bits per heavy atom. The Bertz CT molecular complexity index is 2800. The molecule has 4 aromatic rings. The number of primary amides is 1. The molecule has 0 bridgehead atoms. The predicted molar refractivity (Wildman–Crippen MR) is 268 cm³/mol. The van der Waals surface area contributed by atoms with Crippen LogP contribution in [0.15, 0.2) is 54.2 Å². The minimum atomic E-state index is -5.26. The maximum Gasteiger partial charge on any atom is 0.420 e. The summed E-state index contributed by atoms with van der Waals surface area (Å²) in [6, 6.07) is 9.94. The molecule has 24 heteroatoms. The molecular weight excluding hydrogens is 1010 g/mol. The predicted octanol–water partition coefficient (Wildman–Crippen LogP) is 5.95. The van der Waals surface area contributed by atoms with Crippen LogP contribution >= 0.6 is 23.6 Å². The third kappa shape index (κ3) is 13.0. The van der Waals surface area contributed by atoms with E-state index in [1.807, 2.05) is 31.2 Å². The Kier molecular flexibility index (Phi) is 18.1. The monoisotopic (exact) mass is 1070 g/mol. The van der Waals surface area contributed by atoms with Gasteiger partial charge in [0, 0.05) is 39.3 Å². The molecule has 0 spiro atoms. The number of rotatable bonds is 21. The van der Waals surface area contributed by atoms with Crippen molar-refractivity contribution in [2.75, 3.05) is 49.4 Å². The highest BCUT2D eigenvalue weighted by Crippen LogP contribution is 2.42. The summed E-state index contributed by atoms with van der Waals surface area (Å²) in [4.78, 5) is 79.2. The van der Waals surface area contributed by atoms with Crippen molar-refractivity contribution in [3.8, 4) is 22.4 Å². The van der Waals surface area contributed by atoms with E-state index >= 15 is 4.39 Å². The van der Waals surface area contributed by atoms with Crippen LogP contribution in [0.3, 0.4) is 0 Å². The van der Waals surface area contributed by atoms with Gasteiger partial charge in [-0.05, 0) is 87.0 Å². The molecule has 2 saturated heterocycles. The van der Waals surface area contributed by atoms with E-state index in [0.717, 1.165) is 33.8 Å². The molecule has 18 nitrogen and oxygen atoms in total. The molecule has 2 fully saturated rings. The number of halogens is 4. The number of nitrogens with two attached hydrogens (primary N) is 1. The Morgan fingerprint density at radius 1 is 1.03 bits per heavy atom. The number of nitriles is 1. The number of carbonyl (C=O) groups excluding carboxylic acids is 5. The highest BCUT2D eigenvalue weighted by molar-refractivity contribution is 7.81. The molecule has 2 aliphatic rings. The molecule has 0 unspecified atom stereocenters. The van der Waals surface area contributed by atoms with Gasteiger partial charge in [0.15, 0.2) is 10.9 Å². The fraction of sp³-hybridized carbons (Fsp3) is 0.460. The summed E-state index contributed by atoms with van der Waals surface area (Å²) in [5.41, 5.74) is 4.08. The lowest BCUT2D eigenvalue weighted by molar-refractivity contribution is -0.144. The van der Waals surface area contributed by atoms with Gasteiger partial charge >= 0.3 is 6.18 Å². The van der Waals surface area contributed by atoms with E-state index in [1.54, 1.807) is 37.6 Å². The number of carbonyl (C=O) groups is 5. The highest BCUT2D eigenvalue weighted by Gasteiger charge is 2.52. The molecule has 396 valence electrons. The Morgan fingerprint density at radius 3 is 2.34 bits per heavy atom. The molecule has 0 aliphatic carbocycles. The lowest BCUT2D eigenvalue weighted by atomic mass is 9.85. The first kappa shape index (κ1) is 56.6. The number of pyridine rings is 1. The SMILES string of the molecule is Cc1ncsc1-c1ccc(CNC(=O)[C@@H]2C[C@@H](O)CN2C(=O)[C@@H](NC(=O)COCCCOCCCCOc2ncc(N3C(=S)N(c4ccc(C#N)c(C(F)(F)F)c4F)C(=O)C3(C)C)cc2C(N)=O)C(C)(C)C)cc1. The first-order valence-corrected chi connectivity index (χ1v) is 24.8. The number of ether oxygens (including phenoxy) is 3. The second-order valence-corrected chi connectivity index (χ2v) is 20.4. The van der Waals surface area contributed by atoms with Gasteiger partial charge in [-0.3, -0.25) is 28.9 Å². The van der Waals surface area contributed by atoms with Crippen LogP contribution in [0.5, 0.6) is 5.88 Å². The Hall–Kier alpha value is -6.65. The van der Waals surface area contributed by atoms with E-state index in [-0.39, 0.29) is 56.5 Å². The number of aliphatic hydroxyl groups excluding tert-OH is 1. The number of hydrogen-bond donors (Lipinski definition) is 4. The number of amides is 5. The zero-order valence-electron chi connectivity index (χ0n) is 41.5. The second-order valence-electron chi connectivity index (χ2n) is 19.2. The molecule has 6 rings (SSSR count). The van der Waals surface area contributed by atoms with Crippen molar-refractivity contribution >= 4 is 69.6 Å². The van der Waals surface area contributed by atoms with Crippen molar-refractivity contribution in [3.63, 3.8) is 0 Å². The van der Waals surface area contributed by atoms with Crippen LogP contribution in [-0.2, 0) is 41.4 Å². The standard InChI is InChI=1S/C50H57F4N9O9S2/c1-28-40(74-27-59-28)30-12-10-29(11-13-30)23-57-43(67)36-21-33(64)25-61(36)45(68)41(48(2,3)4)60-37(65)26-71-18-9-17-70-16-7-8-19-72-44-34(42(56)66)20-32(24-58-44)63-47(73)62(46(69)49(63,5)6)35-15-14-31(22-55)38(39(35)51)50(52,53)54/h10-15,20,24,27,33,36,41,64H,7-9,16-19,21,23,25-26H2,1-6H3,(H2,56,66)(H,57,67)(H,60,65)/t33-,36+,41-/m1/s1. The molecule has 5 N–H and O–H groups in total. The molecule has 74 heavy (non-hydrogen) atoms. The van der Waals surface area contributed by atoms with Gasteiger partial charge < -0.3 is 45.5 Å². The van der Waals surface area contributed by atoms with Crippen molar-refractivity contribution in [2.45, 2.75) is 104 Å². The topological polar surface area (TPSA) is 243 Å². The van der Waals surface area contributed by atoms with Gasteiger partial charge in [0.05, 0.1) is 58.0 Å². The number of aliphatic hydroxyl groups is 1. The fourth-order valence-electron chi connectivity index (χ4n) is 8.39. The molecule has 0 radical (unpaired) electrons. The van der Waals surface area contributed by atoms with Crippen LogP contribution in [0.1, 0.15) is 93.0 Å². The van der Waals surface area contributed by atoms with E-state index in [1.165, 1.54) is 42.0 Å². The summed E-state index contributed by atoms with van der Waals surface area (Å²) in [5.74, 6) is -5.29. The molecule has 5 amide bonds. The number of hydrogen-bond acceptors (Lipinski definition) is 14. The van der Waals surface area contributed by atoms with Gasteiger partial charge in [-0.25, -0.2) is 14.4 Å². The summed E-state index contributed by atoms with van der Waals surface area (Å²) < 4.78 is 73.8. The lowest BCUT2D eigenvalue weighted by Crippen LogP contribution is -2.58. The van der Waals surface area contributed by atoms with Crippen LogP contribution in [0.25, 0.3) is 10.4 Å². The maximum absolute atomic E-state index is 15.5. The summed E-state index contributed by atoms with van der Waals surface area (Å²) >= 11 is 7.02. The first-order chi connectivity index (χ1) is 34.9. The normalized spacial score (nSPS) is 17.1. The van der Waals surface area contributed by atoms with E-state index < -0.39 is 92.6 Å². The number of β-amino-alcohol motifs (C(OH)–C–C–N with tert-alkyl or cyclic N) is 1. The van der Waals surface area contributed by atoms with Crippen molar-refractivity contribution in [2.24, 2.45) is 11.1 Å². The van der Waals surface area contributed by atoms with Crippen molar-refractivity contribution in [1.29, 1.82) is 5.26 Å². The zero-order valence-corrected chi connectivity index (χ0v) is 43.1. The number of aryl methyl sites for hydroxylation is 1. The van der Waals surface area contributed by atoms with E-state index in [4.69, 9.17) is 32.2 Å². The van der Waals surface area contributed by atoms with Gasteiger partial charge in [0.25, 0.3) is 11.8 Å². The van der Waals surface area contributed by atoms with Crippen molar-refractivity contribution in [1.82, 2.24) is 25.5 Å². The number of anilines is 2. The number of nitrogens with one attached hydrogen (secondary N) is 2. The zero-order chi connectivity index (χ0) is 54.3. The van der Waals surface area contributed by atoms with E-state index in [2.05, 4.69) is 20.6 Å². The van der Waals surface area contributed by atoms with Crippen molar-refractivity contribution in [3.05, 3.63) is 87.9 Å². The molecule has 3 atom stereocenters. The van der Waals surface area contributed by atoms with Crippen LogP contribution < -0.4 is 30.9 Å². The van der Waals surface area contributed by atoms with Crippen LogP contribution in [0, 0.1) is 29.5 Å². The molecule has 0 saturated carbocycles. The summed E-state index contributed by atoms with van der Waals surface area (Å²) in [7, 11) is 0. The number of alkyl halides is 3. The summed E-state index contributed by atoms with van der Waals surface area (Å²) in [6.45, 7) is 10.8. The van der Waals surface area contributed by atoms with Crippen LogP contribution in [0.2, 0.25) is 0 Å².